The average molecular weight is 275 g/mol. The van der Waals surface area contributed by atoms with Crippen LogP contribution in [0.2, 0.25) is 0 Å². The highest BCUT2D eigenvalue weighted by Crippen LogP contribution is 2.34. The quantitative estimate of drug-likeness (QED) is 0.886. The summed E-state index contributed by atoms with van der Waals surface area (Å²) in [6.07, 6.45) is 4.47. The van der Waals surface area contributed by atoms with Crippen LogP contribution in [0.5, 0.6) is 0 Å². The number of aromatic nitrogens is 1. The first kappa shape index (κ1) is 15.3. The van der Waals surface area contributed by atoms with Crippen LogP contribution in [0.25, 0.3) is 0 Å². The molecule has 3 heteroatoms. The number of nitrogens with zero attached hydrogens (tertiary/aromatic N) is 2. The van der Waals surface area contributed by atoms with Gasteiger partial charge in [-0.15, -0.1) is 0 Å². The monoisotopic (exact) mass is 275 g/mol. The molecule has 2 heterocycles. The number of likely N-dealkylation sites (tertiary alicyclic amines) is 1. The van der Waals surface area contributed by atoms with Crippen molar-refractivity contribution in [3.05, 3.63) is 23.9 Å². The van der Waals surface area contributed by atoms with Crippen molar-refractivity contribution in [1.29, 1.82) is 0 Å². The first-order chi connectivity index (χ1) is 9.49. The molecule has 0 aromatic carbocycles. The topological polar surface area (TPSA) is 28.2 Å². The van der Waals surface area contributed by atoms with Crippen LogP contribution < -0.4 is 5.32 Å². The van der Waals surface area contributed by atoms with Crippen molar-refractivity contribution in [3.63, 3.8) is 0 Å². The maximum Gasteiger partial charge on any atom is 0.125 e. The van der Waals surface area contributed by atoms with Gasteiger partial charge in [-0.3, -0.25) is 4.90 Å². The van der Waals surface area contributed by atoms with Crippen LogP contribution in [0.1, 0.15) is 46.1 Å². The van der Waals surface area contributed by atoms with E-state index in [1.807, 2.05) is 6.20 Å². The molecule has 0 bridgehead atoms. The van der Waals surface area contributed by atoms with Crippen molar-refractivity contribution < 1.29 is 0 Å². The molecule has 0 saturated carbocycles. The van der Waals surface area contributed by atoms with E-state index in [-0.39, 0.29) is 0 Å². The molecule has 1 fully saturated rings. The summed E-state index contributed by atoms with van der Waals surface area (Å²) in [5.41, 5.74) is 1.75. The standard InChI is InChI=1S/C17H29N3/c1-5-9-18-16-7-6-14(11-19-16)12-20-10-8-15(13-20)17(2,3)4/h6-7,11,15H,5,8-10,12-13H2,1-4H3,(H,18,19). The Morgan fingerprint density at radius 2 is 2.15 bits per heavy atom. The molecule has 0 amide bonds. The van der Waals surface area contributed by atoms with Gasteiger partial charge in [-0.1, -0.05) is 33.8 Å². The molecule has 1 unspecified atom stereocenters. The van der Waals surface area contributed by atoms with Crippen molar-refractivity contribution in [2.75, 3.05) is 25.0 Å². The molecule has 1 aliphatic rings. The molecule has 1 N–H and O–H groups in total. The molecule has 0 spiro atoms. The van der Waals surface area contributed by atoms with E-state index in [2.05, 4.69) is 55.0 Å². The van der Waals surface area contributed by atoms with Gasteiger partial charge in [0.2, 0.25) is 0 Å². The first-order valence-electron chi connectivity index (χ1n) is 7.90. The third-order valence-corrected chi connectivity index (χ3v) is 4.28. The minimum absolute atomic E-state index is 0.431. The Hall–Kier alpha value is -1.09. The lowest BCUT2D eigenvalue weighted by Gasteiger charge is -2.27. The van der Waals surface area contributed by atoms with Crippen LogP contribution in [0, 0.1) is 11.3 Å². The zero-order valence-corrected chi connectivity index (χ0v) is 13.4. The second-order valence-electron chi connectivity index (χ2n) is 7.07. The third kappa shape index (κ3) is 4.20. The van der Waals surface area contributed by atoms with Gasteiger partial charge in [0.15, 0.2) is 0 Å². The summed E-state index contributed by atoms with van der Waals surface area (Å²) in [5, 5.41) is 3.32. The highest BCUT2D eigenvalue weighted by molar-refractivity contribution is 5.35. The smallest absolute Gasteiger partial charge is 0.125 e. The van der Waals surface area contributed by atoms with Gasteiger partial charge in [-0.2, -0.15) is 0 Å². The predicted molar refractivity (Wildman–Crippen MR) is 85.9 cm³/mol. The molecule has 1 saturated heterocycles. The van der Waals surface area contributed by atoms with Crippen molar-refractivity contribution in [3.8, 4) is 0 Å². The maximum absolute atomic E-state index is 4.49. The van der Waals surface area contributed by atoms with Crippen LogP contribution in [0.4, 0.5) is 5.82 Å². The molecule has 0 radical (unpaired) electrons. The Morgan fingerprint density at radius 1 is 1.35 bits per heavy atom. The van der Waals surface area contributed by atoms with E-state index in [9.17, 15) is 0 Å². The van der Waals surface area contributed by atoms with Gasteiger partial charge < -0.3 is 5.32 Å². The van der Waals surface area contributed by atoms with Crippen LogP contribution in [-0.4, -0.2) is 29.5 Å². The van der Waals surface area contributed by atoms with Gasteiger partial charge >= 0.3 is 0 Å². The summed E-state index contributed by atoms with van der Waals surface area (Å²) in [4.78, 5) is 7.05. The van der Waals surface area contributed by atoms with Crippen LogP contribution in [0.3, 0.4) is 0 Å². The third-order valence-electron chi connectivity index (χ3n) is 4.28. The molecular weight excluding hydrogens is 246 g/mol. The lowest BCUT2D eigenvalue weighted by atomic mass is 9.80. The van der Waals surface area contributed by atoms with Crippen LogP contribution in [0.15, 0.2) is 18.3 Å². The number of pyridine rings is 1. The fraction of sp³-hybridized carbons (Fsp3) is 0.706. The van der Waals surface area contributed by atoms with Crippen molar-refractivity contribution in [2.45, 2.75) is 47.1 Å². The fourth-order valence-electron chi connectivity index (χ4n) is 2.82. The summed E-state index contributed by atoms with van der Waals surface area (Å²) in [6.45, 7) is 13.7. The number of hydrogen-bond donors (Lipinski definition) is 1. The highest BCUT2D eigenvalue weighted by Gasteiger charge is 2.31. The summed E-state index contributed by atoms with van der Waals surface area (Å²) < 4.78 is 0. The zero-order chi connectivity index (χ0) is 14.6. The second-order valence-corrected chi connectivity index (χ2v) is 7.07. The Kier molecular flexibility index (Phi) is 5.03. The lowest BCUT2D eigenvalue weighted by molar-refractivity contribution is 0.226. The Morgan fingerprint density at radius 3 is 2.70 bits per heavy atom. The minimum Gasteiger partial charge on any atom is -0.370 e. The van der Waals surface area contributed by atoms with E-state index in [1.54, 1.807) is 0 Å². The molecule has 112 valence electrons. The molecule has 20 heavy (non-hydrogen) atoms. The van der Waals surface area contributed by atoms with E-state index >= 15 is 0 Å². The summed E-state index contributed by atoms with van der Waals surface area (Å²) >= 11 is 0. The summed E-state index contributed by atoms with van der Waals surface area (Å²) in [5.74, 6) is 1.81. The average Bonchev–Trinajstić information content (AvgIpc) is 2.86. The van der Waals surface area contributed by atoms with E-state index in [1.165, 1.54) is 25.1 Å². The molecular formula is C17H29N3. The second kappa shape index (κ2) is 6.57. The van der Waals surface area contributed by atoms with E-state index < -0.39 is 0 Å². The molecule has 2 rings (SSSR count). The van der Waals surface area contributed by atoms with E-state index in [4.69, 9.17) is 0 Å². The fourth-order valence-corrected chi connectivity index (χ4v) is 2.82. The molecule has 1 aliphatic heterocycles. The van der Waals surface area contributed by atoms with Crippen molar-refractivity contribution in [1.82, 2.24) is 9.88 Å². The number of rotatable bonds is 5. The zero-order valence-electron chi connectivity index (χ0n) is 13.4. The van der Waals surface area contributed by atoms with Gasteiger partial charge in [-0.05, 0) is 42.3 Å². The molecule has 1 aromatic heterocycles. The minimum atomic E-state index is 0.431. The Bertz CT molecular complexity index is 405. The van der Waals surface area contributed by atoms with Gasteiger partial charge in [0, 0.05) is 25.8 Å². The van der Waals surface area contributed by atoms with Gasteiger partial charge in [0.25, 0.3) is 0 Å². The summed E-state index contributed by atoms with van der Waals surface area (Å²) in [7, 11) is 0. The van der Waals surface area contributed by atoms with Crippen molar-refractivity contribution in [2.24, 2.45) is 11.3 Å². The van der Waals surface area contributed by atoms with Gasteiger partial charge in [0.1, 0.15) is 5.82 Å². The molecule has 0 aliphatic carbocycles. The first-order valence-corrected chi connectivity index (χ1v) is 7.90. The SMILES string of the molecule is CCCNc1ccc(CN2CCC(C(C)(C)C)C2)cn1. The highest BCUT2D eigenvalue weighted by atomic mass is 15.1. The van der Waals surface area contributed by atoms with Gasteiger partial charge in [0.05, 0.1) is 0 Å². The van der Waals surface area contributed by atoms with Crippen LogP contribution in [-0.2, 0) is 6.54 Å². The van der Waals surface area contributed by atoms with Crippen LogP contribution >= 0.6 is 0 Å². The lowest BCUT2D eigenvalue weighted by Crippen LogP contribution is -2.25. The summed E-state index contributed by atoms with van der Waals surface area (Å²) in [6, 6.07) is 4.30. The number of hydrogen-bond acceptors (Lipinski definition) is 3. The molecule has 1 aromatic rings. The predicted octanol–water partition coefficient (Wildman–Crippen LogP) is 3.77. The van der Waals surface area contributed by atoms with Gasteiger partial charge in [-0.25, -0.2) is 4.98 Å². The largest absolute Gasteiger partial charge is 0.370 e. The maximum atomic E-state index is 4.49. The number of nitrogens with one attached hydrogen (secondary N) is 1. The van der Waals surface area contributed by atoms with Crippen molar-refractivity contribution >= 4 is 5.82 Å². The van der Waals surface area contributed by atoms with E-state index in [0.29, 0.717) is 5.41 Å². The Labute approximate surface area is 123 Å². The molecule has 3 nitrogen and oxygen atoms in total. The number of anilines is 1. The van der Waals surface area contributed by atoms with E-state index in [0.717, 1.165) is 31.2 Å². The molecule has 1 atom stereocenters. The Balaban J connectivity index is 1.85. The normalized spacial score (nSPS) is 20.3.